The van der Waals surface area contributed by atoms with E-state index in [-0.39, 0.29) is 11.9 Å². The molecule has 1 unspecified atom stereocenters. The van der Waals surface area contributed by atoms with Crippen LogP contribution in [0.4, 0.5) is 19.0 Å². The van der Waals surface area contributed by atoms with Gasteiger partial charge in [-0.25, -0.2) is 4.98 Å². The summed E-state index contributed by atoms with van der Waals surface area (Å²) in [5.74, 6) is 0.301. The van der Waals surface area contributed by atoms with Crippen LogP contribution in [0.25, 0.3) is 0 Å². The van der Waals surface area contributed by atoms with E-state index in [4.69, 9.17) is 0 Å². The average molecular weight is 315 g/mol. The summed E-state index contributed by atoms with van der Waals surface area (Å²) in [6.07, 6.45) is -1.55. The summed E-state index contributed by atoms with van der Waals surface area (Å²) in [6.45, 7) is 3.07. The van der Waals surface area contributed by atoms with Gasteiger partial charge in [0.2, 0.25) is 5.91 Å². The maximum Gasteiger partial charge on any atom is 0.433 e. The summed E-state index contributed by atoms with van der Waals surface area (Å²) in [7, 11) is 0. The topological polar surface area (TPSA) is 45.2 Å². The normalized spacial score (nSPS) is 19.1. The predicted octanol–water partition coefficient (Wildman–Crippen LogP) is 2.99. The van der Waals surface area contributed by atoms with Crippen LogP contribution in [-0.2, 0) is 11.0 Å². The van der Waals surface area contributed by atoms with Gasteiger partial charge in [-0.3, -0.25) is 4.79 Å². The molecule has 1 atom stereocenters. The lowest BCUT2D eigenvalue weighted by atomic mass is 10.1. The van der Waals surface area contributed by atoms with Gasteiger partial charge >= 0.3 is 6.18 Å². The van der Waals surface area contributed by atoms with Crippen LogP contribution in [0.5, 0.6) is 0 Å². The van der Waals surface area contributed by atoms with E-state index in [9.17, 15) is 18.0 Å². The summed E-state index contributed by atoms with van der Waals surface area (Å²) in [5, 5.41) is 2.93. The Balaban J connectivity index is 2.04. The van der Waals surface area contributed by atoms with Crippen LogP contribution in [-0.4, -0.2) is 30.0 Å². The van der Waals surface area contributed by atoms with Crippen molar-refractivity contribution in [2.24, 2.45) is 0 Å². The van der Waals surface area contributed by atoms with Gasteiger partial charge in [0.1, 0.15) is 11.5 Å². The number of amides is 1. The smallest absolute Gasteiger partial charge is 0.355 e. The van der Waals surface area contributed by atoms with Gasteiger partial charge in [-0.2, -0.15) is 13.2 Å². The minimum atomic E-state index is -4.44. The highest BCUT2D eigenvalue weighted by atomic mass is 19.4. The summed E-state index contributed by atoms with van der Waals surface area (Å²) in [4.78, 5) is 17.2. The van der Waals surface area contributed by atoms with Crippen LogP contribution in [0, 0.1) is 0 Å². The number of carbonyl (C=O) groups excluding carboxylic acids is 1. The standard InChI is InChI=1S/C15H20F3N3O/c1-2-5-14(22)19-11-6-4-9-21(10-11)13-8-3-7-12(20-13)15(16,17)18/h3,7-8,11H,2,4-6,9-10H2,1H3,(H,19,22). The minimum Gasteiger partial charge on any atom is -0.355 e. The van der Waals surface area contributed by atoms with Crippen LogP contribution in [0.1, 0.15) is 38.3 Å². The molecule has 1 aromatic heterocycles. The van der Waals surface area contributed by atoms with Crippen molar-refractivity contribution in [2.75, 3.05) is 18.0 Å². The van der Waals surface area contributed by atoms with E-state index < -0.39 is 11.9 Å². The van der Waals surface area contributed by atoms with Gasteiger partial charge in [-0.15, -0.1) is 0 Å². The van der Waals surface area contributed by atoms with Crippen molar-refractivity contribution >= 4 is 11.7 Å². The summed E-state index contributed by atoms with van der Waals surface area (Å²) in [5.41, 5.74) is -0.887. The molecule has 22 heavy (non-hydrogen) atoms. The first-order valence-corrected chi connectivity index (χ1v) is 7.48. The molecule has 0 radical (unpaired) electrons. The maximum atomic E-state index is 12.7. The first kappa shape index (κ1) is 16.6. The van der Waals surface area contributed by atoms with Crippen LogP contribution < -0.4 is 10.2 Å². The lowest BCUT2D eigenvalue weighted by molar-refractivity contribution is -0.141. The number of anilines is 1. The summed E-state index contributed by atoms with van der Waals surface area (Å²) >= 11 is 0. The third kappa shape index (κ3) is 4.35. The lowest BCUT2D eigenvalue weighted by Crippen LogP contribution is -2.48. The molecular formula is C15H20F3N3O. The zero-order valence-corrected chi connectivity index (χ0v) is 12.5. The van der Waals surface area contributed by atoms with Gasteiger partial charge in [0, 0.05) is 25.6 Å². The third-order valence-corrected chi connectivity index (χ3v) is 3.61. The first-order valence-electron chi connectivity index (χ1n) is 7.48. The molecular weight excluding hydrogens is 295 g/mol. The van der Waals surface area contributed by atoms with Gasteiger partial charge in [-0.05, 0) is 31.4 Å². The minimum absolute atomic E-state index is 0.00801. The number of hydrogen-bond acceptors (Lipinski definition) is 3. The van der Waals surface area contributed by atoms with Crippen LogP contribution >= 0.6 is 0 Å². The zero-order valence-electron chi connectivity index (χ0n) is 12.5. The van der Waals surface area contributed by atoms with Gasteiger partial charge in [0.25, 0.3) is 0 Å². The molecule has 2 rings (SSSR count). The quantitative estimate of drug-likeness (QED) is 0.929. The molecule has 1 aromatic rings. The van der Waals surface area contributed by atoms with Gasteiger partial charge in [0.05, 0.1) is 0 Å². The predicted molar refractivity (Wildman–Crippen MR) is 77.5 cm³/mol. The molecule has 1 amide bonds. The van der Waals surface area contributed by atoms with Crippen molar-refractivity contribution in [2.45, 2.75) is 44.8 Å². The van der Waals surface area contributed by atoms with Gasteiger partial charge in [-0.1, -0.05) is 13.0 Å². The SMILES string of the molecule is CCCC(=O)NC1CCCN(c2cccc(C(F)(F)F)n2)C1. The van der Waals surface area contributed by atoms with Crippen LogP contribution in [0.15, 0.2) is 18.2 Å². The molecule has 1 N–H and O–H groups in total. The Labute approximate surface area is 127 Å². The molecule has 0 spiro atoms. The highest BCUT2D eigenvalue weighted by molar-refractivity contribution is 5.76. The van der Waals surface area contributed by atoms with Crippen LogP contribution in [0.3, 0.4) is 0 Å². The maximum absolute atomic E-state index is 12.7. The van der Waals surface area contributed by atoms with Crippen molar-refractivity contribution in [1.82, 2.24) is 10.3 Å². The number of hydrogen-bond donors (Lipinski definition) is 1. The molecule has 1 saturated heterocycles. The number of halogens is 3. The van der Waals surface area contributed by atoms with E-state index >= 15 is 0 Å². The fourth-order valence-electron chi connectivity index (χ4n) is 2.59. The molecule has 122 valence electrons. The second-order valence-electron chi connectivity index (χ2n) is 5.48. The number of aromatic nitrogens is 1. The highest BCUT2D eigenvalue weighted by Crippen LogP contribution is 2.29. The molecule has 1 aliphatic rings. The molecule has 1 fully saturated rings. The van der Waals surface area contributed by atoms with Crippen molar-refractivity contribution in [3.05, 3.63) is 23.9 Å². The van der Waals surface area contributed by atoms with Crippen molar-refractivity contribution in [3.63, 3.8) is 0 Å². The molecule has 0 bridgehead atoms. The number of piperidine rings is 1. The molecule has 0 aromatic carbocycles. The van der Waals surface area contributed by atoms with Gasteiger partial charge in [0.15, 0.2) is 0 Å². The number of rotatable bonds is 4. The van der Waals surface area contributed by atoms with Crippen molar-refractivity contribution < 1.29 is 18.0 Å². The molecule has 4 nitrogen and oxygen atoms in total. The Hall–Kier alpha value is -1.79. The number of alkyl halides is 3. The number of pyridine rings is 1. The van der Waals surface area contributed by atoms with Crippen LogP contribution in [0.2, 0.25) is 0 Å². The number of nitrogens with one attached hydrogen (secondary N) is 1. The van der Waals surface area contributed by atoms with E-state index in [1.807, 2.05) is 6.92 Å². The second kappa shape index (κ2) is 6.98. The third-order valence-electron chi connectivity index (χ3n) is 3.61. The van der Waals surface area contributed by atoms with E-state index in [2.05, 4.69) is 10.3 Å². The number of carbonyl (C=O) groups is 1. The lowest BCUT2D eigenvalue weighted by Gasteiger charge is -2.34. The van der Waals surface area contributed by atoms with Crippen molar-refractivity contribution in [1.29, 1.82) is 0 Å². The van der Waals surface area contributed by atoms with E-state index in [0.717, 1.165) is 25.3 Å². The Morgan fingerprint density at radius 1 is 1.45 bits per heavy atom. The van der Waals surface area contributed by atoms with E-state index in [1.165, 1.54) is 6.07 Å². The fraction of sp³-hybridized carbons (Fsp3) is 0.600. The van der Waals surface area contributed by atoms with Gasteiger partial charge < -0.3 is 10.2 Å². The Morgan fingerprint density at radius 3 is 2.91 bits per heavy atom. The summed E-state index contributed by atoms with van der Waals surface area (Å²) < 4.78 is 38.2. The second-order valence-corrected chi connectivity index (χ2v) is 5.48. The monoisotopic (exact) mass is 315 g/mol. The highest BCUT2D eigenvalue weighted by Gasteiger charge is 2.33. The largest absolute Gasteiger partial charge is 0.433 e. The van der Waals surface area contributed by atoms with E-state index in [1.54, 1.807) is 11.0 Å². The Bertz CT molecular complexity index is 519. The summed E-state index contributed by atoms with van der Waals surface area (Å²) in [6, 6.07) is 3.87. The zero-order chi connectivity index (χ0) is 16.2. The number of nitrogens with zero attached hydrogens (tertiary/aromatic N) is 2. The molecule has 0 saturated carbocycles. The Morgan fingerprint density at radius 2 is 2.23 bits per heavy atom. The molecule has 7 heteroatoms. The van der Waals surface area contributed by atoms with Crippen molar-refractivity contribution in [3.8, 4) is 0 Å². The Kier molecular flexibility index (Phi) is 5.26. The average Bonchev–Trinajstić information content (AvgIpc) is 2.47. The molecule has 0 aliphatic carbocycles. The fourth-order valence-corrected chi connectivity index (χ4v) is 2.59. The van der Waals surface area contributed by atoms with E-state index in [0.29, 0.717) is 25.3 Å². The molecule has 2 heterocycles. The molecule has 1 aliphatic heterocycles. The first-order chi connectivity index (χ1) is 10.4.